The number of Topliss-reactive ketones (excluding diaryl/α,β-unsaturated/α-hetero) is 1. The van der Waals surface area contributed by atoms with E-state index in [0.29, 0.717) is 22.0 Å². The number of nitrogens with zero attached hydrogens (tertiary/aromatic N) is 3. The Morgan fingerprint density at radius 3 is 2.34 bits per heavy atom. The van der Waals surface area contributed by atoms with Crippen molar-refractivity contribution in [1.82, 2.24) is 9.21 Å². The summed E-state index contributed by atoms with van der Waals surface area (Å²) in [6.45, 7) is 0. The van der Waals surface area contributed by atoms with E-state index < -0.39 is 33.9 Å². The second kappa shape index (κ2) is 11.2. The Hall–Kier alpha value is -3.38. The van der Waals surface area contributed by atoms with Gasteiger partial charge in [-0.25, -0.2) is 14.4 Å². The van der Waals surface area contributed by atoms with Crippen LogP contribution in [0.4, 0.5) is 18.9 Å². The molecule has 1 aliphatic carbocycles. The zero-order valence-electron chi connectivity index (χ0n) is 20.9. The molecule has 1 heterocycles. The number of carbonyl (C=O) groups excluding carboxylic acids is 1. The van der Waals surface area contributed by atoms with Crippen molar-refractivity contribution in [3.8, 4) is 0 Å². The van der Waals surface area contributed by atoms with Crippen LogP contribution in [0.2, 0.25) is 0 Å². The van der Waals surface area contributed by atoms with E-state index in [4.69, 9.17) is 5.14 Å². The molecule has 2 aromatic rings. The van der Waals surface area contributed by atoms with Crippen LogP contribution in [-0.4, -0.2) is 54.8 Å². The first kappa shape index (κ1) is 27.6. The minimum Gasteiger partial charge on any atom is -0.360 e. The van der Waals surface area contributed by atoms with E-state index in [2.05, 4.69) is 10.3 Å². The van der Waals surface area contributed by atoms with Crippen LogP contribution in [0.3, 0.4) is 0 Å². The van der Waals surface area contributed by atoms with Crippen molar-refractivity contribution < 1.29 is 26.4 Å². The molecule has 1 fully saturated rings. The van der Waals surface area contributed by atoms with Gasteiger partial charge in [0.1, 0.15) is 6.17 Å². The van der Waals surface area contributed by atoms with Gasteiger partial charge in [0.2, 0.25) is 5.96 Å². The van der Waals surface area contributed by atoms with E-state index in [9.17, 15) is 26.4 Å². The second-order valence-electron chi connectivity index (χ2n) is 9.45. The SMILES string of the molecule is CN(C1=NC=C(C(=O)C(F)(F)F)C(Nc2ccccc2Cc2ccccc2)N1S(N)(=O)=O)C1CCCCC1. The number of guanidine groups is 1. The molecule has 1 saturated carbocycles. The molecule has 38 heavy (non-hydrogen) atoms. The summed E-state index contributed by atoms with van der Waals surface area (Å²) in [6.07, 6.45) is -1.36. The molecule has 0 radical (unpaired) electrons. The zero-order valence-corrected chi connectivity index (χ0v) is 21.7. The molecule has 1 atom stereocenters. The van der Waals surface area contributed by atoms with Gasteiger partial charge in [0.25, 0.3) is 5.78 Å². The molecule has 12 heteroatoms. The molecule has 1 unspecified atom stereocenters. The van der Waals surface area contributed by atoms with Gasteiger partial charge in [-0.2, -0.15) is 21.6 Å². The molecule has 0 spiro atoms. The van der Waals surface area contributed by atoms with Crippen LogP contribution in [-0.2, 0) is 21.4 Å². The topological polar surface area (TPSA) is 108 Å². The van der Waals surface area contributed by atoms with Crippen molar-refractivity contribution in [2.75, 3.05) is 12.4 Å². The minimum absolute atomic E-state index is 0.0777. The highest BCUT2D eigenvalue weighted by Crippen LogP contribution is 2.32. The summed E-state index contributed by atoms with van der Waals surface area (Å²) in [5.41, 5.74) is 1.12. The van der Waals surface area contributed by atoms with Crippen molar-refractivity contribution in [2.45, 2.75) is 56.9 Å². The van der Waals surface area contributed by atoms with Crippen LogP contribution >= 0.6 is 0 Å². The van der Waals surface area contributed by atoms with Crippen molar-refractivity contribution >= 4 is 27.6 Å². The van der Waals surface area contributed by atoms with E-state index in [-0.39, 0.29) is 12.0 Å². The third-order valence-corrected chi connectivity index (χ3v) is 7.75. The zero-order chi connectivity index (χ0) is 27.5. The standard InChI is InChI=1S/C26H30F3N5O3S/c1-33(20-13-6-3-7-14-20)25-31-17-21(23(35)26(27,28)29)24(34(25)38(30,36)37)32-22-15-9-8-12-19(22)16-18-10-4-2-5-11-18/h2,4-5,8-12,15,17,20,24,32H,3,6-7,13-14,16H2,1H3,(H2,30,36,37). The first-order valence-electron chi connectivity index (χ1n) is 12.3. The number of para-hydroxylation sites is 1. The summed E-state index contributed by atoms with van der Waals surface area (Å²) in [5.74, 6) is -2.34. The predicted molar refractivity (Wildman–Crippen MR) is 139 cm³/mol. The molecule has 2 aliphatic rings. The van der Waals surface area contributed by atoms with Crippen LogP contribution in [0.5, 0.6) is 0 Å². The van der Waals surface area contributed by atoms with E-state index in [0.717, 1.165) is 43.9 Å². The third kappa shape index (κ3) is 6.18. The van der Waals surface area contributed by atoms with Crippen LogP contribution in [0.15, 0.2) is 71.4 Å². The third-order valence-electron chi connectivity index (χ3n) is 6.82. The van der Waals surface area contributed by atoms with Gasteiger partial charge < -0.3 is 10.2 Å². The number of anilines is 1. The van der Waals surface area contributed by atoms with Crippen molar-refractivity contribution in [3.05, 3.63) is 77.5 Å². The van der Waals surface area contributed by atoms with Gasteiger partial charge in [-0.3, -0.25) is 4.79 Å². The number of carbonyl (C=O) groups is 1. The molecule has 8 nitrogen and oxygen atoms in total. The van der Waals surface area contributed by atoms with E-state index >= 15 is 0 Å². The van der Waals surface area contributed by atoms with Crippen molar-refractivity contribution in [1.29, 1.82) is 0 Å². The Morgan fingerprint density at radius 1 is 1.08 bits per heavy atom. The summed E-state index contributed by atoms with van der Waals surface area (Å²) >= 11 is 0. The van der Waals surface area contributed by atoms with Gasteiger partial charge in [0.15, 0.2) is 0 Å². The first-order valence-corrected chi connectivity index (χ1v) is 13.8. The molecular weight excluding hydrogens is 519 g/mol. The molecule has 0 bridgehead atoms. The number of ketones is 1. The minimum atomic E-state index is -5.25. The van der Waals surface area contributed by atoms with Gasteiger partial charge in [-0.1, -0.05) is 67.8 Å². The lowest BCUT2D eigenvalue weighted by Crippen LogP contribution is -2.60. The summed E-state index contributed by atoms with van der Waals surface area (Å²) in [7, 11) is -3.04. The van der Waals surface area contributed by atoms with Crippen LogP contribution in [0, 0.1) is 0 Å². The highest BCUT2D eigenvalue weighted by Gasteiger charge is 2.48. The normalized spacial score (nSPS) is 19.0. The lowest BCUT2D eigenvalue weighted by atomic mass is 9.94. The Balaban J connectivity index is 1.78. The van der Waals surface area contributed by atoms with Gasteiger partial charge in [0.05, 0.1) is 5.57 Å². The Labute approximate surface area is 220 Å². The van der Waals surface area contributed by atoms with Gasteiger partial charge in [-0.05, 0) is 36.5 Å². The average Bonchev–Trinajstić information content (AvgIpc) is 2.88. The van der Waals surface area contributed by atoms with Crippen LogP contribution in [0.25, 0.3) is 0 Å². The number of nitrogens with one attached hydrogen (secondary N) is 1. The largest absolute Gasteiger partial charge is 0.454 e. The molecule has 3 N–H and O–H groups in total. The van der Waals surface area contributed by atoms with Gasteiger partial charge in [-0.15, -0.1) is 0 Å². The molecule has 4 rings (SSSR count). The lowest BCUT2D eigenvalue weighted by molar-refractivity contribution is -0.167. The predicted octanol–water partition coefficient (Wildman–Crippen LogP) is 4.17. The maximum atomic E-state index is 13.6. The summed E-state index contributed by atoms with van der Waals surface area (Å²) in [6, 6.07) is 16.1. The number of hydrogen-bond donors (Lipinski definition) is 2. The molecule has 2 aromatic carbocycles. The summed E-state index contributed by atoms with van der Waals surface area (Å²) < 4.78 is 67.2. The van der Waals surface area contributed by atoms with E-state index in [1.165, 1.54) is 0 Å². The quantitative estimate of drug-likeness (QED) is 0.539. The molecule has 204 valence electrons. The first-order chi connectivity index (χ1) is 18.0. The fourth-order valence-corrected chi connectivity index (χ4v) is 5.76. The number of benzene rings is 2. The maximum absolute atomic E-state index is 13.6. The van der Waals surface area contributed by atoms with Crippen LogP contribution < -0.4 is 10.5 Å². The maximum Gasteiger partial charge on any atom is 0.454 e. The average molecular weight is 550 g/mol. The van der Waals surface area contributed by atoms with E-state index in [1.54, 1.807) is 36.2 Å². The van der Waals surface area contributed by atoms with E-state index in [1.807, 2.05) is 30.3 Å². The smallest absolute Gasteiger partial charge is 0.360 e. The lowest BCUT2D eigenvalue weighted by Gasteiger charge is -2.42. The Bertz CT molecular complexity index is 1320. The number of rotatable bonds is 7. The fraction of sp³-hybridized carbons (Fsp3) is 0.385. The van der Waals surface area contributed by atoms with Gasteiger partial charge >= 0.3 is 16.4 Å². The summed E-state index contributed by atoms with van der Waals surface area (Å²) in [4.78, 5) is 18.1. The Kier molecular flexibility index (Phi) is 8.12. The van der Waals surface area contributed by atoms with Crippen molar-refractivity contribution in [3.63, 3.8) is 0 Å². The number of hydrogen-bond acceptors (Lipinski definition) is 6. The van der Waals surface area contributed by atoms with Crippen molar-refractivity contribution in [2.24, 2.45) is 10.1 Å². The molecule has 0 saturated heterocycles. The highest BCUT2D eigenvalue weighted by atomic mass is 32.2. The number of halogens is 3. The second-order valence-corrected chi connectivity index (χ2v) is 10.9. The number of alkyl halides is 3. The number of aliphatic imine (C=N–C) groups is 1. The molecule has 1 aliphatic heterocycles. The summed E-state index contributed by atoms with van der Waals surface area (Å²) in [5, 5.41) is 8.46. The fourth-order valence-electron chi connectivity index (χ4n) is 4.90. The monoisotopic (exact) mass is 549 g/mol. The number of nitrogens with two attached hydrogens (primary N) is 1. The van der Waals surface area contributed by atoms with Crippen LogP contribution in [0.1, 0.15) is 43.2 Å². The Morgan fingerprint density at radius 2 is 1.71 bits per heavy atom. The molecular formula is C26H30F3N5O3S. The molecule has 0 aromatic heterocycles. The van der Waals surface area contributed by atoms with Gasteiger partial charge in [0, 0.05) is 25.0 Å². The molecule has 0 amide bonds. The highest BCUT2D eigenvalue weighted by molar-refractivity contribution is 7.87.